The molecule has 0 heterocycles. The molecular weight excluding hydrogens is 168 g/mol. The molecule has 0 saturated heterocycles. The maximum atomic E-state index is 4.05. The summed E-state index contributed by atoms with van der Waals surface area (Å²) in [4.78, 5) is 0. The van der Waals surface area contributed by atoms with Crippen molar-refractivity contribution in [2.24, 2.45) is 0 Å². The molecule has 0 unspecified atom stereocenters. The molecule has 0 saturated carbocycles. The van der Waals surface area contributed by atoms with Crippen LogP contribution in [0.1, 0.15) is 36.1 Å². The molecule has 0 atom stereocenters. The van der Waals surface area contributed by atoms with Gasteiger partial charge in [0, 0.05) is 0 Å². The molecule has 0 aliphatic heterocycles. The van der Waals surface area contributed by atoms with Crippen LogP contribution in [-0.2, 0) is 6.42 Å². The lowest BCUT2D eigenvalue weighted by Gasteiger charge is -2.09. The highest BCUT2D eigenvalue weighted by Crippen LogP contribution is 2.31. The van der Waals surface area contributed by atoms with E-state index in [9.17, 15) is 0 Å². The number of aryl methyl sites for hydroxylation is 1. The number of fused-ring (bicyclic) bond motifs is 1. The van der Waals surface area contributed by atoms with E-state index in [0.717, 1.165) is 6.42 Å². The minimum absolute atomic E-state index is 1.10. The number of hydrogen-bond acceptors (Lipinski definition) is 0. The van der Waals surface area contributed by atoms with Gasteiger partial charge < -0.3 is 0 Å². The summed E-state index contributed by atoms with van der Waals surface area (Å²) in [5, 5.41) is 0. The van der Waals surface area contributed by atoms with E-state index < -0.39 is 0 Å². The Morgan fingerprint density at radius 1 is 1.29 bits per heavy atom. The molecule has 0 bridgehead atoms. The van der Waals surface area contributed by atoms with Crippen molar-refractivity contribution in [3.05, 3.63) is 46.5 Å². The van der Waals surface area contributed by atoms with E-state index in [1.165, 1.54) is 33.4 Å². The number of rotatable bonds is 1. The first-order chi connectivity index (χ1) is 6.58. The normalized spacial score (nSPS) is 13.8. The predicted octanol–water partition coefficient (Wildman–Crippen LogP) is 3.99. The summed E-state index contributed by atoms with van der Waals surface area (Å²) < 4.78 is 0. The van der Waals surface area contributed by atoms with E-state index in [4.69, 9.17) is 0 Å². The van der Waals surface area contributed by atoms with E-state index in [1.54, 1.807) is 0 Å². The maximum absolute atomic E-state index is 4.05. The average Bonchev–Trinajstić information content (AvgIpc) is 2.42. The monoisotopic (exact) mass is 184 g/mol. The van der Waals surface area contributed by atoms with Crippen LogP contribution in [0.2, 0.25) is 0 Å². The van der Waals surface area contributed by atoms with Gasteiger partial charge in [-0.1, -0.05) is 35.9 Å². The Balaban J connectivity index is 2.63. The summed E-state index contributed by atoms with van der Waals surface area (Å²) in [5.74, 6) is 0. The van der Waals surface area contributed by atoms with Gasteiger partial charge in [0.1, 0.15) is 0 Å². The van der Waals surface area contributed by atoms with Crippen LogP contribution in [0.25, 0.3) is 11.6 Å². The third-order valence-corrected chi connectivity index (χ3v) is 2.75. The molecule has 0 aromatic heterocycles. The van der Waals surface area contributed by atoms with Crippen LogP contribution in [0, 0.1) is 6.92 Å². The molecule has 0 radical (unpaired) electrons. The van der Waals surface area contributed by atoms with Gasteiger partial charge in [0.05, 0.1) is 0 Å². The van der Waals surface area contributed by atoms with E-state index in [2.05, 4.69) is 45.6 Å². The highest BCUT2D eigenvalue weighted by atomic mass is 14.2. The third kappa shape index (κ3) is 1.41. The molecule has 0 amide bonds. The van der Waals surface area contributed by atoms with Crippen LogP contribution in [0.5, 0.6) is 0 Å². The van der Waals surface area contributed by atoms with Gasteiger partial charge in [0.15, 0.2) is 0 Å². The molecule has 1 aliphatic rings. The van der Waals surface area contributed by atoms with Crippen molar-refractivity contribution < 1.29 is 0 Å². The van der Waals surface area contributed by atoms with Crippen molar-refractivity contribution in [3.63, 3.8) is 0 Å². The SMILES string of the molecule is C=C(C)c1cc(C)cc2c1CC(C)=C2. The average molecular weight is 184 g/mol. The molecule has 0 nitrogen and oxygen atoms in total. The van der Waals surface area contributed by atoms with Gasteiger partial charge >= 0.3 is 0 Å². The second kappa shape index (κ2) is 3.13. The lowest BCUT2D eigenvalue weighted by Crippen LogP contribution is -1.92. The Bertz CT molecular complexity index is 434. The van der Waals surface area contributed by atoms with E-state index in [0.29, 0.717) is 0 Å². The second-order valence-corrected chi connectivity index (χ2v) is 4.33. The highest BCUT2D eigenvalue weighted by Gasteiger charge is 2.14. The molecule has 0 N–H and O–H groups in total. The standard InChI is InChI=1S/C14H16/c1-9(2)13-7-10(3)5-12-6-11(4)8-14(12)13/h5-7H,1,8H2,2-4H3. The third-order valence-electron chi connectivity index (χ3n) is 2.75. The van der Waals surface area contributed by atoms with Crippen LogP contribution < -0.4 is 0 Å². The van der Waals surface area contributed by atoms with Crippen LogP contribution in [0.4, 0.5) is 0 Å². The molecule has 72 valence electrons. The molecule has 2 rings (SSSR count). The van der Waals surface area contributed by atoms with E-state index in [-0.39, 0.29) is 0 Å². The molecule has 0 fully saturated rings. The zero-order valence-electron chi connectivity index (χ0n) is 9.15. The molecule has 0 heteroatoms. The lowest BCUT2D eigenvalue weighted by atomic mass is 9.95. The van der Waals surface area contributed by atoms with E-state index >= 15 is 0 Å². The summed E-state index contributed by atoms with van der Waals surface area (Å²) in [6.07, 6.45) is 3.38. The van der Waals surface area contributed by atoms with Gasteiger partial charge in [-0.2, -0.15) is 0 Å². The topological polar surface area (TPSA) is 0 Å². The van der Waals surface area contributed by atoms with Crippen molar-refractivity contribution in [2.75, 3.05) is 0 Å². The Labute approximate surface area is 86.0 Å². The van der Waals surface area contributed by atoms with E-state index in [1.807, 2.05) is 0 Å². The molecular formula is C14H16. The first-order valence-corrected chi connectivity index (χ1v) is 5.04. The van der Waals surface area contributed by atoms with Crippen molar-refractivity contribution in [3.8, 4) is 0 Å². The summed E-state index contributed by atoms with van der Waals surface area (Å²) in [6, 6.07) is 4.51. The molecule has 1 aromatic carbocycles. The highest BCUT2D eigenvalue weighted by molar-refractivity contribution is 5.75. The maximum Gasteiger partial charge on any atom is -0.00546 e. The van der Waals surface area contributed by atoms with Crippen molar-refractivity contribution in [2.45, 2.75) is 27.2 Å². The quantitative estimate of drug-likeness (QED) is 0.619. The lowest BCUT2D eigenvalue weighted by molar-refractivity contribution is 1.18. The van der Waals surface area contributed by atoms with Gasteiger partial charge in [-0.3, -0.25) is 0 Å². The zero-order valence-corrected chi connectivity index (χ0v) is 9.15. The molecule has 14 heavy (non-hydrogen) atoms. The smallest absolute Gasteiger partial charge is 0.00546 e. The Morgan fingerprint density at radius 3 is 2.64 bits per heavy atom. The van der Waals surface area contributed by atoms with Gasteiger partial charge in [0.25, 0.3) is 0 Å². The second-order valence-electron chi connectivity index (χ2n) is 4.33. The van der Waals surface area contributed by atoms with Gasteiger partial charge in [-0.25, -0.2) is 0 Å². The molecule has 1 aromatic rings. The number of allylic oxidation sites excluding steroid dienone is 2. The van der Waals surface area contributed by atoms with Crippen LogP contribution in [0.3, 0.4) is 0 Å². The first-order valence-electron chi connectivity index (χ1n) is 5.04. The number of benzene rings is 1. The Hall–Kier alpha value is -1.30. The van der Waals surface area contributed by atoms with Crippen LogP contribution in [-0.4, -0.2) is 0 Å². The first kappa shape index (κ1) is 9.26. The minimum atomic E-state index is 1.10. The van der Waals surface area contributed by atoms with Crippen molar-refractivity contribution in [1.82, 2.24) is 0 Å². The van der Waals surface area contributed by atoms with Crippen LogP contribution >= 0.6 is 0 Å². The largest absolute Gasteiger partial charge is 0.0955 e. The summed E-state index contributed by atoms with van der Waals surface area (Å²) in [5.41, 5.74) is 8.14. The minimum Gasteiger partial charge on any atom is -0.0955 e. The fourth-order valence-electron chi connectivity index (χ4n) is 2.15. The zero-order chi connectivity index (χ0) is 10.3. The van der Waals surface area contributed by atoms with Crippen molar-refractivity contribution in [1.29, 1.82) is 0 Å². The Kier molecular flexibility index (Phi) is 2.07. The summed E-state index contributed by atoms with van der Waals surface area (Å²) in [7, 11) is 0. The van der Waals surface area contributed by atoms with Gasteiger partial charge in [0.2, 0.25) is 0 Å². The fraction of sp³-hybridized carbons (Fsp3) is 0.286. The Morgan fingerprint density at radius 2 is 2.00 bits per heavy atom. The number of hydrogen-bond donors (Lipinski definition) is 0. The molecule has 1 aliphatic carbocycles. The van der Waals surface area contributed by atoms with Gasteiger partial charge in [-0.05, 0) is 49.4 Å². The summed E-state index contributed by atoms with van der Waals surface area (Å²) in [6.45, 7) is 10.5. The van der Waals surface area contributed by atoms with Gasteiger partial charge in [-0.15, -0.1) is 0 Å². The van der Waals surface area contributed by atoms with Crippen molar-refractivity contribution >= 4 is 11.6 Å². The summed E-state index contributed by atoms with van der Waals surface area (Å²) >= 11 is 0. The predicted molar refractivity (Wildman–Crippen MR) is 63.2 cm³/mol. The van der Waals surface area contributed by atoms with Crippen LogP contribution in [0.15, 0.2) is 24.3 Å². The fourth-order valence-corrected chi connectivity index (χ4v) is 2.15. The molecule has 0 spiro atoms.